The van der Waals surface area contributed by atoms with E-state index in [-0.39, 0.29) is 35.2 Å². The Morgan fingerprint density at radius 3 is 2.25 bits per heavy atom. The maximum absolute atomic E-state index is 12.5. The Kier molecular flexibility index (Phi) is 5.29. The Morgan fingerprint density at radius 1 is 1.08 bits per heavy atom. The van der Waals surface area contributed by atoms with Crippen LogP contribution in [0.2, 0.25) is 0 Å². The van der Waals surface area contributed by atoms with Crippen LogP contribution in [0.15, 0.2) is 42.5 Å². The predicted molar refractivity (Wildman–Crippen MR) is 86.2 cm³/mol. The topological polar surface area (TPSA) is 124 Å². The smallest absolute Gasteiger partial charge is 0.508 e. The number of carbonyl (C=O) groups is 1. The van der Waals surface area contributed by atoms with E-state index in [9.17, 15) is 19.6 Å². The Labute approximate surface area is 138 Å². The third-order valence-corrected chi connectivity index (χ3v) is 3.87. The van der Waals surface area contributed by atoms with Crippen molar-refractivity contribution in [3.63, 3.8) is 0 Å². The van der Waals surface area contributed by atoms with Crippen LogP contribution in [0.4, 0.5) is 0 Å². The van der Waals surface area contributed by atoms with Gasteiger partial charge in [-0.3, -0.25) is 14.6 Å². The molecule has 1 unspecified atom stereocenters. The minimum Gasteiger partial charge on any atom is -0.508 e. The minimum absolute atomic E-state index is 0.0335. The molecule has 4 N–H and O–H groups in total. The van der Waals surface area contributed by atoms with Crippen LogP contribution in [0, 0.1) is 0 Å². The third-order valence-electron chi connectivity index (χ3n) is 3.43. The van der Waals surface area contributed by atoms with Crippen molar-refractivity contribution in [3.05, 3.63) is 53.6 Å². The molecular formula is C16H17O7P. The van der Waals surface area contributed by atoms with Gasteiger partial charge in [-0.1, -0.05) is 19.1 Å². The van der Waals surface area contributed by atoms with E-state index in [1.807, 2.05) is 0 Å². The zero-order chi connectivity index (χ0) is 17.9. The molecule has 0 fully saturated rings. The molecule has 2 aromatic carbocycles. The summed E-state index contributed by atoms with van der Waals surface area (Å²) in [6, 6.07) is 9.79. The Balaban J connectivity index is 2.24. The van der Waals surface area contributed by atoms with E-state index >= 15 is 0 Å². The molecular weight excluding hydrogens is 335 g/mol. The summed E-state index contributed by atoms with van der Waals surface area (Å²) in [5, 5.41) is 18.8. The lowest BCUT2D eigenvalue weighted by Gasteiger charge is -2.14. The fraction of sp³-hybridized carbons (Fsp3) is 0.188. The van der Waals surface area contributed by atoms with Gasteiger partial charge in [0.15, 0.2) is 5.78 Å². The summed E-state index contributed by atoms with van der Waals surface area (Å²) in [4.78, 5) is 30.3. The summed E-state index contributed by atoms with van der Waals surface area (Å²) < 4.78 is 15.5. The van der Waals surface area contributed by atoms with Crippen molar-refractivity contribution in [1.82, 2.24) is 0 Å². The van der Waals surface area contributed by atoms with Crippen LogP contribution in [0.3, 0.4) is 0 Å². The van der Waals surface area contributed by atoms with Gasteiger partial charge in [0.2, 0.25) is 0 Å². The van der Waals surface area contributed by atoms with E-state index in [1.54, 1.807) is 19.1 Å². The first-order chi connectivity index (χ1) is 11.2. The molecule has 2 aromatic rings. The molecule has 0 aliphatic rings. The molecule has 8 heteroatoms. The van der Waals surface area contributed by atoms with Crippen LogP contribution >= 0.6 is 7.82 Å². The molecule has 0 aliphatic heterocycles. The number of carbonyl (C=O) groups excluding carboxylic acids is 1. The molecule has 0 saturated heterocycles. The number of phosphoric ester groups is 1. The molecule has 0 radical (unpaired) electrons. The average molecular weight is 352 g/mol. The molecule has 0 amide bonds. The molecule has 0 saturated carbocycles. The molecule has 128 valence electrons. The maximum Gasteiger partial charge on any atom is 0.524 e. The molecule has 0 aliphatic carbocycles. The van der Waals surface area contributed by atoms with Gasteiger partial charge >= 0.3 is 7.82 Å². The standard InChI is InChI=1S/C16H17O7P/c1-10(11-2-4-12(17)5-3-11)8-15(19)14-9-13(18)6-7-16(14)23-24(20,21)22/h2-7,9-10,17-18H,8H2,1H3,(H2,20,21,22). The van der Waals surface area contributed by atoms with Crippen LogP contribution in [0.25, 0.3) is 0 Å². The van der Waals surface area contributed by atoms with Crippen molar-refractivity contribution in [2.24, 2.45) is 0 Å². The fourth-order valence-corrected chi connectivity index (χ4v) is 2.67. The largest absolute Gasteiger partial charge is 0.524 e. The quantitative estimate of drug-likeness (QED) is 0.465. The Morgan fingerprint density at radius 2 is 1.67 bits per heavy atom. The van der Waals surface area contributed by atoms with Crippen LogP contribution in [0.1, 0.15) is 35.2 Å². The van der Waals surface area contributed by atoms with Crippen LogP contribution in [-0.4, -0.2) is 25.8 Å². The Bertz CT molecular complexity index is 780. The molecule has 0 spiro atoms. The van der Waals surface area contributed by atoms with Gasteiger partial charge in [-0.25, -0.2) is 4.57 Å². The highest BCUT2D eigenvalue weighted by Gasteiger charge is 2.23. The van der Waals surface area contributed by atoms with E-state index in [2.05, 4.69) is 4.52 Å². The van der Waals surface area contributed by atoms with Gasteiger partial charge in [0.05, 0.1) is 5.56 Å². The monoisotopic (exact) mass is 352 g/mol. The number of ketones is 1. The van der Waals surface area contributed by atoms with Crippen LogP contribution < -0.4 is 4.52 Å². The maximum atomic E-state index is 12.5. The summed E-state index contributed by atoms with van der Waals surface area (Å²) >= 11 is 0. The highest BCUT2D eigenvalue weighted by molar-refractivity contribution is 7.46. The van der Waals surface area contributed by atoms with Crippen LogP contribution in [0.5, 0.6) is 17.2 Å². The van der Waals surface area contributed by atoms with Crippen molar-refractivity contribution >= 4 is 13.6 Å². The zero-order valence-electron chi connectivity index (χ0n) is 12.8. The second-order valence-corrected chi connectivity index (χ2v) is 6.55. The number of phenolic OH excluding ortho intramolecular Hbond substituents is 2. The normalized spacial score (nSPS) is 12.6. The van der Waals surface area contributed by atoms with E-state index in [0.29, 0.717) is 0 Å². The van der Waals surface area contributed by atoms with Crippen molar-refractivity contribution in [2.75, 3.05) is 0 Å². The molecule has 24 heavy (non-hydrogen) atoms. The number of Topliss-reactive ketones (excluding diaryl/α,β-unsaturated/α-hetero) is 1. The van der Waals surface area contributed by atoms with Crippen molar-refractivity contribution < 1.29 is 33.9 Å². The number of aromatic hydroxyl groups is 2. The molecule has 0 aromatic heterocycles. The minimum atomic E-state index is -4.83. The molecule has 2 rings (SSSR count). The number of phenols is 2. The average Bonchev–Trinajstić information content (AvgIpc) is 2.48. The first kappa shape index (κ1) is 18.0. The van der Waals surface area contributed by atoms with Crippen molar-refractivity contribution in [2.45, 2.75) is 19.3 Å². The van der Waals surface area contributed by atoms with Gasteiger partial charge in [0, 0.05) is 6.42 Å². The van der Waals surface area contributed by atoms with E-state index in [4.69, 9.17) is 9.79 Å². The highest BCUT2D eigenvalue weighted by Crippen LogP contribution is 2.40. The molecule has 0 bridgehead atoms. The number of hydrogen-bond donors (Lipinski definition) is 4. The summed E-state index contributed by atoms with van der Waals surface area (Å²) in [7, 11) is -4.83. The first-order valence-electron chi connectivity index (χ1n) is 7.06. The lowest BCUT2D eigenvalue weighted by atomic mass is 9.93. The number of hydrogen-bond acceptors (Lipinski definition) is 5. The molecule has 7 nitrogen and oxygen atoms in total. The fourth-order valence-electron chi connectivity index (χ4n) is 2.25. The summed E-state index contributed by atoms with van der Waals surface area (Å²) in [5.41, 5.74) is 0.711. The van der Waals surface area contributed by atoms with E-state index in [0.717, 1.165) is 17.7 Å². The SMILES string of the molecule is CC(CC(=O)c1cc(O)ccc1OP(=O)(O)O)c1ccc(O)cc1. The third kappa shape index (κ3) is 4.83. The number of phosphoric acid groups is 1. The molecule has 0 heterocycles. The zero-order valence-corrected chi connectivity index (χ0v) is 13.7. The Hall–Kier alpha value is -2.34. The first-order valence-corrected chi connectivity index (χ1v) is 8.59. The van der Waals surface area contributed by atoms with Gasteiger partial charge in [-0.15, -0.1) is 0 Å². The van der Waals surface area contributed by atoms with Crippen LogP contribution in [-0.2, 0) is 4.57 Å². The van der Waals surface area contributed by atoms with Gasteiger partial charge in [-0.05, 0) is 41.8 Å². The number of benzene rings is 2. The van der Waals surface area contributed by atoms with Crippen molar-refractivity contribution in [1.29, 1.82) is 0 Å². The van der Waals surface area contributed by atoms with Gasteiger partial charge in [-0.2, -0.15) is 0 Å². The van der Waals surface area contributed by atoms with E-state index in [1.165, 1.54) is 18.2 Å². The lowest BCUT2D eigenvalue weighted by Crippen LogP contribution is -2.07. The lowest BCUT2D eigenvalue weighted by molar-refractivity contribution is 0.0973. The second kappa shape index (κ2) is 7.05. The second-order valence-electron chi connectivity index (χ2n) is 5.38. The van der Waals surface area contributed by atoms with Gasteiger partial charge in [0.1, 0.15) is 17.2 Å². The molecule has 1 atom stereocenters. The summed E-state index contributed by atoms with van der Waals surface area (Å²) in [6.07, 6.45) is 0.0335. The highest BCUT2D eigenvalue weighted by atomic mass is 31.2. The number of rotatable bonds is 6. The predicted octanol–water partition coefficient (Wildman–Crippen LogP) is 2.95. The van der Waals surface area contributed by atoms with E-state index < -0.39 is 13.6 Å². The van der Waals surface area contributed by atoms with Gasteiger partial charge < -0.3 is 14.7 Å². The summed E-state index contributed by atoms with van der Waals surface area (Å²) in [6.45, 7) is 1.80. The summed E-state index contributed by atoms with van der Waals surface area (Å²) in [5.74, 6) is -1.03. The van der Waals surface area contributed by atoms with Crippen molar-refractivity contribution in [3.8, 4) is 17.2 Å². The van der Waals surface area contributed by atoms with Gasteiger partial charge in [0.25, 0.3) is 0 Å².